The van der Waals surface area contributed by atoms with Crippen molar-refractivity contribution in [1.29, 1.82) is 0 Å². The zero-order valence-electron chi connectivity index (χ0n) is 38.4. The number of benzene rings is 4. The van der Waals surface area contributed by atoms with E-state index in [0.29, 0.717) is 7.25 Å². The summed E-state index contributed by atoms with van der Waals surface area (Å²) in [6.45, 7) is 22.0. The van der Waals surface area contributed by atoms with Crippen LogP contribution in [0.25, 0.3) is 34.4 Å². The Morgan fingerprint density at radius 2 is 0.900 bits per heavy atom. The van der Waals surface area contributed by atoms with Crippen LogP contribution < -0.4 is 0 Å². The zero-order chi connectivity index (χ0) is 41.3. The van der Waals surface area contributed by atoms with Gasteiger partial charge in [-0.3, -0.25) is 0 Å². The molecule has 0 radical (unpaired) electrons. The van der Waals surface area contributed by atoms with Crippen LogP contribution in [0.5, 0.6) is 0 Å². The van der Waals surface area contributed by atoms with Crippen molar-refractivity contribution >= 4 is 43.8 Å². The van der Waals surface area contributed by atoms with Crippen LogP contribution in [-0.4, -0.2) is 6.88 Å². The summed E-state index contributed by atoms with van der Waals surface area (Å²) in [6.07, 6.45) is 25.0. The summed E-state index contributed by atoms with van der Waals surface area (Å²) < 4.78 is 6.73. The summed E-state index contributed by atoms with van der Waals surface area (Å²) in [6, 6.07) is 33.3. The summed E-state index contributed by atoms with van der Waals surface area (Å²) in [5.74, 6) is 0. The number of hydrogen-bond acceptors (Lipinski definition) is 0. The predicted octanol–water partition coefficient (Wildman–Crippen LogP) is 16.6. The molecule has 4 aliphatic carbocycles. The molecule has 4 aromatic carbocycles. The molecule has 0 fully saturated rings. The van der Waals surface area contributed by atoms with Crippen molar-refractivity contribution < 1.29 is 17.4 Å². The van der Waals surface area contributed by atoms with Crippen LogP contribution in [0.3, 0.4) is 0 Å². The van der Waals surface area contributed by atoms with Crippen LogP contribution in [0, 0.1) is 10.8 Å². The maximum atomic E-state index is 2.89. The quantitative estimate of drug-likeness (QED) is 0.122. The van der Waals surface area contributed by atoms with Gasteiger partial charge in [0.05, 0.1) is 0 Å². The first-order valence-corrected chi connectivity index (χ1v) is 36.2. The number of halogens is 2. The van der Waals surface area contributed by atoms with Crippen molar-refractivity contribution in [2.24, 2.45) is 10.8 Å². The molecule has 0 amide bonds. The summed E-state index contributed by atoms with van der Waals surface area (Å²) in [7, 11) is 0. The Morgan fingerprint density at radius 1 is 0.533 bits per heavy atom. The van der Waals surface area contributed by atoms with Crippen molar-refractivity contribution in [2.45, 2.75) is 134 Å². The summed E-state index contributed by atoms with van der Waals surface area (Å²) in [5, 5.41) is 0. The van der Waals surface area contributed by atoms with E-state index in [1.54, 1.807) is 22.3 Å². The van der Waals surface area contributed by atoms with E-state index >= 15 is 0 Å². The first kappa shape index (κ1) is 47.0. The summed E-state index contributed by atoms with van der Waals surface area (Å²) in [4.78, 5) is 0. The van der Waals surface area contributed by atoms with E-state index in [1.165, 1.54) is 95.9 Å². The van der Waals surface area contributed by atoms with Gasteiger partial charge in [0.25, 0.3) is 0 Å². The van der Waals surface area contributed by atoms with Crippen molar-refractivity contribution in [3.63, 3.8) is 0 Å². The zero-order valence-corrected chi connectivity index (χ0v) is 43.9. The smallest absolute Gasteiger partial charge is 0.147 e. The van der Waals surface area contributed by atoms with E-state index in [1.807, 2.05) is 0 Å². The Kier molecular flexibility index (Phi) is 13.2. The van der Waals surface area contributed by atoms with Crippen molar-refractivity contribution in [3.8, 4) is 22.3 Å². The molecule has 318 valence electrons. The van der Waals surface area contributed by atoms with E-state index in [9.17, 15) is 0 Å². The molecule has 8 rings (SSSR count). The fraction of sp³-hybridized carbons (Fsp3) is 0.429. The second-order valence-corrected chi connectivity index (χ2v) is 53.3. The molecule has 0 bridgehead atoms. The first-order valence-electron chi connectivity index (χ1n) is 22.5. The molecule has 0 aromatic heterocycles. The van der Waals surface area contributed by atoms with E-state index in [4.69, 9.17) is 0 Å². The molecule has 0 spiro atoms. The van der Waals surface area contributed by atoms with Gasteiger partial charge in [0.15, 0.2) is 0 Å². The molecule has 4 unspecified atom stereocenters. The van der Waals surface area contributed by atoms with E-state index in [2.05, 4.69) is 193 Å². The largest absolute Gasteiger partial charge is 0.147 e. The molecule has 0 nitrogen and oxygen atoms in total. The molecule has 4 heteroatoms. The van der Waals surface area contributed by atoms with Gasteiger partial charge in [-0.1, -0.05) is 0 Å². The minimum absolute atomic E-state index is 0. The van der Waals surface area contributed by atoms with Crippen molar-refractivity contribution in [1.82, 2.24) is 0 Å². The third-order valence-electron chi connectivity index (χ3n) is 14.9. The Balaban J connectivity index is 0.00000302. The van der Waals surface area contributed by atoms with E-state index in [-0.39, 0.29) is 46.5 Å². The Bertz CT molecular complexity index is 2290. The van der Waals surface area contributed by atoms with Gasteiger partial charge in [-0.2, -0.15) is 0 Å². The average molecular weight is 935 g/mol. The average Bonchev–Trinajstić information content (AvgIpc) is 3.73. The number of rotatable bonds is 8. The molecule has 0 saturated carbocycles. The monoisotopic (exact) mass is 932 g/mol. The molecule has 4 aromatic rings. The van der Waals surface area contributed by atoms with E-state index in [0.717, 1.165) is 0 Å². The molecule has 60 heavy (non-hydrogen) atoms. The van der Waals surface area contributed by atoms with Crippen LogP contribution in [0.4, 0.5) is 0 Å². The van der Waals surface area contributed by atoms with Crippen LogP contribution >= 0.6 is 24.8 Å². The number of allylic oxidation sites excluding steroid dienone is 6. The minimum atomic E-state index is -4.02. The normalized spacial score (nSPS) is 23.9. The molecule has 0 N–H and O–H groups in total. The fourth-order valence-corrected chi connectivity index (χ4v) is 31.9. The van der Waals surface area contributed by atoms with Gasteiger partial charge in [-0.05, 0) is 0 Å². The van der Waals surface area contributed by atoms with Gasteiger partial charge in [-0.25, -0.2) is 0 Å². The third kappa shape index (κ3) is 8.73. The van der Waals surface area contributed by atoms with Crippen LogP contribution in [-0.2, 0) is 28.2 Å². The Labute approximate surface area is 379 Å². The van der Waals surface area contributed by atoms with Gasteiger partial charge in [0, 0.05) is 0 Å². The molecule has 0 saturated heterocycles. The first-order chi connectivity index (χ1) is 27.3. The Hall–Kier alpha value is -2.48. The van der Waals surface area contributed by atoms with E-state index < -0.39 is 17.4 Å². The molecule has 4 atom stereocenters. The standard InChI is InChI=1S/2C27H31.2CH3.2ClH.H2Si.Zr/c2*1-26(2,3)25-14-7-6-12-23(25)22-13-10-11-21-17-20(18-24(21)22)19-27(4)15-8-5-9-16-27;;;;;;/h2*5-8,10-14,17-18H,9,15-16,19H2,1-4H3;2*1H3;2*1H;1H2;. The summed E-state index contributed by atoms with van der Waals surface area (Å²) >= 11 is -4.02. The maximum Gasteiger partial charge on any atom is -0.147 e. The van der Waals surface area contributed by atoms with Gasteiger partial charge in [-0.15, -0.1) is 24.8 Å². The maximum absolute atomic E-state index is 4.02. The third-order valence-corrected chi connectivity index (χ3v) is 32.4. The van der Waals surface area contributed by atoms with Crippen LogP contribution in [0.15, 0.2) is 120 Å². The number of hydrogen-bond donors (Lipinski definition) is 0. The molecule has 0 aliphatic heterocycles. The number of fused-ring (bicyclic) bond motifs is 2. The van der Waals surface area contributed by atoms with Crippen molar-refractivity contribution in [2.75, 3.05) is 0 Å². The topological polar surface area (TPSA) is 0 Å². The van der Waals surface area contributed by atoms with Crippen LogP contribution in [0.1, 0.15) is 147 Å². The molecular weight excluding hydrogens is 863 g/mol. The van der Waals surface area contributed by atoms with Gasteiger partial charge in [0.1, 0.15) is 0 Å². The SMILES string of the molecule is CC1(CC2=Cc3c(-c4ccccc4C(C)(C)C)cccc3[CH]2[Zr]([CH3])([CH3])(=[SiH2])[CH]2C(CC3(C)CC=CCC3)=Cc3c(-c4ccccc4C(C)(C)C)cccc32)CC=CCC1.Cl.Cl. The molecule has 0 heterocycles. The second-order valence-electron chi connectivity index (χ2n) is 22.9. The fourth-order valence-electron chi connectivity index (χ4n) is 12.2. The van der Waals surface area contributed by atoms with Gasteiger partial charge in [0.2, 0.25) is 0 Å². The minimum Gasteiger partial charge on any atom is -0.147 e. The molecule has 4 aliphatic rings. The second kappa shape index (κ2) is 16.9. The predicted molar refractivity (Wildman–Crippen MR) is 269 cm³/mol. The van der Waals surface area contributed by atoms with Gasteiger partial charge < -0.3 is 0 Å². The Morgan fingerprint density at radius 3 is 1.25 bits per heavy atom. The van der Waals surface area contributed by atoms with Crippen molar-refractivity contribution in [3.05, 3.63) is 154 Å². The summed E-state index contributed by atoms with van der Waals surface area (Å²) in [5.41, 5.74) is 18.9. The van der Waals surface area contributed by atoms with Gasteiger partial charge >= 0.3 is 357 Å². The molecular formula is C56H72Cl2SiZr. The van der Waals surface area contributed by atoms with Crippen LogP contribution in [0.2, 0.25) is 9.26 Å².